The summed E-state index contributed by atoms with van der Waals surface area (Å²) in [7, 11) is 0. The first-order valence-corrected chi connectivity index (χ1v) is 9.02. The summed E-state index contributed by atoms with van der Waals surface area (Å²) in [5.74, 6) is -0.647. The van der Waals surface area contributed by atoms with E-state index < -0.39 is 5.97 Å². The minimum absolute atomic E-state index is 0.0417. The number of allylic oxidation sites excluding steroid dienone is 5. The van der Waals surface area contributed by atoms with Crippen molar-refractivity contribution >= 4 is 11.8 Å². The lowest BCUT2D eigenvalue weighted by Gasteiger charge is -2.11. The summed E-state index contributed by atoms with van der Waals surface area (Å²) < 4.78 is 0. The van der Waals surface area contributed by atoms with E-state index in [4.69, 9.17) is 5.11 Å². The number of aliphatic hydroxyl groups excluding tert-OH is 1. The zero-order chi connectivity index (χ0) is 17.8. The molecule has 24 heavy (non-hydrogen) atoms. The van der Waals surface area contributed by atoms with Gasteiger partial charge < -0.3 is 10.2 Å². The largest absolute Gasteiger partial charge is 0.481 e. The molecule has 0 aromatic heterocycles. The second kappa shape index (κ2) is 11.8. The molecule has 0 spiro atoms. The molecule has 4 heteroatoms. The van der Waals surface area contributed by atoms with Crippen molar-refractivity contribution in [3.63, 3.8) is 0 Å². The highest BCUT2D eigenvalue weighted by molar-refractivity contribution is 6.07. The molecule has 0 unspecified atom stereocenters. The Morgan fingerprint density at radius 2 is 2.08 bits per heavy atom. The van der Waals surface area contributed by atoms with Gasteiger partial charge in [0.2, 0.25) is 0 Å². The molecule has 1 rings (SSSR count). The van der Waals surface area contributed by atoms with Gasteiger partial charge in [0.05, 0.1) is 6.10 Å². The monoisotopic (exact) mass is 334 g/mol. The highest BCUT2D eigenvalue weighted by Crippen LogP contribution is 2.26. The molecule has 0 amide bonds. The van der Waals surface area contributed by atoms with Crippen molar-refractivity contribution in [2.75, 3.05) is 0 Å². The van der Waals surface area contributed by atoms with Gasteiger partial charge in [-0.2, -0.15) is 0 Å². The van der Waals surface area contributed by atoms with Crippen LogP contribution >= 0.6 is 0 Å². The molecule has 0 aromatic carbocycles. The minimum atomic E-state index is -0.768. The van der Waals surface area contributed by atoms with Crippen LogP contribution in [-0.4, -0.2) is 28.1 Å². The van der Waals surface area contributed by atoms with E-state index >= 15 is 0 Å². The average Bonchev–Trinajstić information content (AvgIpc) is 2.89. The lowest BCUT2D eigenvalue weighted by molar-refractivity contribution is -0.137. The number of aliphatic carboxylic acids is 1. The highest BCUT2D eigenvalue weighted by atomic mass is 16.4. The Kier molecular flexibility index (Phi) is 10.0. The molecule has 2 N–H and O–H groups in total. The maximum atomic E-state index is 11.9. The fraction of sp³-hybridized carbons (Fsp3) is 0.600. The molecule has 0 radical (unpaired) electrons. The van der Waals surface area contributed by atoms with Crippen LogP contribution in [0.3, 0.4) is 0 Å². The number of carbonyl (C=O) groups is 2. The van der Waals surface area contributed by atoms with E-state index in [2.05, 4.69) is 6.92 Å². The zero-order valence-corrected chi connectivity index (χ0v) is 14.6. The van der Waals surface area contributed by atoms with Crippen molar-refractivity contribution in [1.82, 2.24) is 0 Å². The van der Waals surface area contributed by atoms with E-state index in [0.717, 1.165) is 44.1 Å². The van der Waals surface area contributed by atoms with Gasteiger partial charge in [-0.05, 0) is 38.2 Å². The van der Waals surface area contributed by atoms with Crippen molar-refractivity contribution < 1.29 is 19.8 Å². The number of hydrogen-bond donors (Lipinski definition) is 2. The first-order chi connectivity index (χ1) is 11.5. The quantitative estimate of drug-likeness (QED) is 0.319. The van der Waals surface area contributed by atoms with E-state index in [-0.39, 0.29) is 24.2 Å². The standard InChI is InChI=1S/C20H30O4/c1-2-3-6-10-17(21)13-14-18-16(12-15-19(18)22)9-7-4-5-8-11-20(23)24/h4,7,12,14-17,21H,2-3,5-6,8-11,13H2,1H3,(H,23,24)/t16-,17-/m0/s1. The SMILES string of the molecule is CCCCC[C@H](O)CC=C1C(=O)C=C[C@@H]1CC=CCCCC(=O)O. The van der Waals surface area contributed by atoms with Crippen molar-refractivity contribution in [3.05, 3.63) is 36.0 Å². The first-order valence-electron chi connectivity index (χ1n) is 9.02. The first kappa shape index (κ1) is 20.4. The van der Waals surface area contributed by atoms with Crippen molar-refractivity contribution in [2.24, 2.45) is 5.92 Å². The maximum Gasteiger partial charge on any atom is 0.303 e. The van der Waals surface area contributed by atoms with Crippen molar-refractivity contribution in [3.8, 4) is 0 Å². The molecule has 0 bridgehead atoms. The van der Waals surface area contributed by atoms with Gasteiger partial charge in [-0.25, -0.2) is 0 Å². The summed E-state index contributed by atoms with van der Waals surface area (Å²) >= 11 is 0. The molecule has 0 aliphatic heterocycles. The Hall–Kier alpha value is -1.68. The third-order valence-electron chi connectivity index (χ3n) is 4.23. The molecule has 0 heterocycles. The van der Waals surface area contributed by atoms with Crippen LogP contribution in [0, 0.1) is 5.92 Å². The zero-order valence-electron chi connectivity index (χ0n) is 14.6. The molecule has 0 saturated heterocycles. The summed E-state index contributed by atoms with van der Waals surface area (Å²) in [6, 6.07) is 0. The fourth-order valence-electron chi connectivity index (χ4n) is 2.79. The Labute approximate surface area is 145 Å². The van der Waals surface area contributed by atoms with Gasteiger partial charge in [0.1, 0.15) is 0 Å². The average molecular weight is 334 g/mol. The second-order valence-corrected chi connectivity index (χ2v) is 6.37. The normalized spacial score (nSPS) is 20.3. The summed E-state index contributed by atoms with van der Waals surface area (Å²) in [6.07, 6.45) is 16.0. The second-order valence-electron chi connectivity index (χ2n) is 6.37. The van der Waals surface area contributed by atoms with E-state index in [1.54, 1.807) is 6.08 Å². The molecule has 2 atom stereocenters. The topological polar surface area (TPSA) is 74.6 Å². The third kappa shape index (κ3) is 8.25. The molecule has 0 fully saturated rings. The predicted octanol–water partition coefficient (Wildman–Crippen LogP) is 4.20. The van der Waals surface area contributed by atoms with Crippen LogP contribution in [0.25, 0.3) is 0 Å². The molecule has 0 saturated carbocycles. The number of carboxylic acid groups (broad SMARTS) is 1. The molecular weight excluding hydrogens is 304 g/mol. The number of rotatable bonds is 12. The van der Waals surface area contributed by atoms with E-state index in [1.165, 1.54) is 0 Å². The van der Waals surface area contributed by atoms with Crippen LogP contribution in [0.1, 0.15) is 64.7 Å². The summed E-state index contributed by atoms with van der Waals surface area (Å²) in [5.41, 5.74) is 0.778. The van der Waals surface area contributed by atoms with Crippen LogP contribution in [0.2, 0.25) is 0 Å². The Bertz CT molecular complexity index is 488. The number of carboxylic acids is 1. The minimum Gasteiger partial charge on any atom is -0.481 e. The van der Waals surface area contributed by atoms with Gasteiger partial charge in [0.25, 0.3) is 0 Å². The fourth-order valence-corrected chi connectivity index (χ4v) is 2.79. The van der Waals surface area contributed by atoms with E-state index in [0.29, 0.717) is 12.8 Å². The van der Waals surface area contributed by atoms with Gasteiger partial charge in [0, 0.05) is 17.9 Å². The lowest BCUT2D eigenvalue weighted by Crippen LogP contribution is -2.08. The van der Waals surface area contributed by atoms with Crippen LogP contribution < -0.4 is 0 Å². The lowest BCUT2D eigenvalue weighted by atomic mass is 9.95. The van der Waals surface area contributed by atoms with Gasteiger partial charge >= 0.3 is 5.97 Å². The number of unbranched alkanes of at least 4 members (excludes halogenated alkanes) is 3. The molecule has 4 nitrogen and oxygen atoms in total. The van der Waals surface area contributed by atoms with Gasteiger partial charge in [-0.15, -0.1) is 0 Å². The predicted molar refractivity (Wildman–Crippen MR) is 95.7 cm³/mol. The number of carbonyl (C=O) groups excluding carboxylic acids is 1. The van der Waals surface area contributed by atoms with Gasteiger partial charge in [0.15, 0.2) is 5.78 Å². The van der Waals surface area contributed by atoms with Crippen LogP contribution in [0.4, 0.5) is 0 Å². The summed E-state index contributed by atoms with van der Waals surface area (Å²) in [6.45, 7) is 2.14. The summed E-state index contributed by atoms with van der Waals surface area (Å²) in [4.78, 5) is 22.4. The van der Waals surface area contributed by atoms with Gasteiger partial charge in [-0.1, -0.05) is 50.5 Å². The maximum absolute atomic E-state index is 11.9. The molecule has 1 aliphatic rings. The Balaban J connectivity index is 2.39. The number of hydrogen-bond acceptors (Lipinski definition) is 3. The van der Waals surface area contributed by atoms with Crippen LogP contribution in [0.5, 0.6) is 0 Å². The molecule has 0 aromatic rings. The molecular formula is C20H30O4. The van der Waals surface area contributed by atoms with Crippen molar-refractivity contribution in [2.45, 2.75) is 70.8 Å². The molecule has 134 valence electrons. The van der Waals surface area contributed by atoms with Crippen LogP contribution in [-0.2, 0) is 9.59 Å². The van der Waals surface area contributed by atoms with Crippen molar-refractivity contribution in [1.29, 1.82) is 0 Å². The Morgan fingerprint density at radius 1 is 1.29 bits per heavy atom. The molecule has 1 aliphatic carbocycles. The number of ketones is 1. The van der Waals surface area contributed by atoms with E-state index in [1.807, 2.05) is 24.3 Å². The third-order valence-corrected chi connectivity index (χ3v) is 4.23. The summed E-state index contributed by atoms with van der Waals surface area (Å²) in [5, 5.41) is 18.6. The Morgan fingerprint density at radius 3 is 2.79 bits per heavy atom. The van der Waals surface area contributed by atoms with Crippen LogP contribution in [0.15, 0.2) is 36.0 Å². The highest BCUT2D eigenvalue weighted by Gasteiger charge is 2.21. The van der Waals surface area contributed by atoms with Gasteiger partial charge in [-0.3, -0.25) is 9.59 Å². The van der Waals surface area contributed by atoms with E-state index in [9.17, 15) is 14.7 Å². The smallest absolute Gasteiger partial charge is 0.303 e. The number of aliphatic hydroxyl groups is 1.